The van der Waals surface area contributed by atoms with Gasteiger partial charge in [-0.1, -0.05) is 6.92 Å². The molecule has 0 spiro atoms. The Balaban J connectivity index is 3.03. The summed E-state index contributed by atoms with van der Waals surface area (Å²) in [4.78, 5) is 13.3. The molecule has 11 heavy (non-hydrogen) atoms. The van der Waals surface area contributed by atoms with E-state index in [9.17, 15) is 4.79 Å². The number of halogens is 1. The van der Waals surface area contributed by atoms with Crippen molar-refractivity contribution in [3.8, 4) is 0 Å². The summed E-state index contributed by atoms with van der Waals surface area (Å²) in [6, 6.07) is 1.98. The predicted molar refractivity (Wildman–Crippen MR) is 51.4 cm³/mol. The van der Waals surface area contributed by atoms with Crippen LogP contribution in [0.3, 0.4) is 0 Å². The molecule has 0 saturated heterocycles. The van der Waals surface area contributed by atoms with E-state index in [2.05, 4.69) is 15.9 Å². The summed E-state index contributed by atoms with van der Waals surface area (Å²) >= 11 is 4.90. The average Bonchev–Trinajstić information content (AvgIpc) is 2.28. The zero-order valence-electron chi connectivity index (χ0n) is 6.48. The molecule has 0 amide bonds. The predicted octanol–water partition coefficient (Wildman–Crippen LogP) is 3.41. The van der Waals surface area contributed by atoms with Crippen molar-refractivity contribution in [2.24, 2.45) is 0 Å². The molecule has 0 bridgehead atoms. The Bertz CT molecular complexity index is 278. The first kappa shape index (κ1) is 8.94. The fourth-order valence-electron chi connectivity index (χ4n) is 0.834. The van der Waals surface area contributed by atoms with Crippen molar-refractivity contribution in [1.29, 1.82) is 0 Å². The number of aryl methyl sites for hydroxylation is 1. The van der Waals surface area contributed by atoms with E-state index in [4.69, 9.17) is 0 Å². The van der Waals surface area contributed by atoms with Crippen LogP contribution in [-0.2, 0) is 0 Å². The normalized spacial score (nSPS) is 10.1. The van der Waals surface area contributed by atoms with Crippen LogP contribution in [-0.4, -0.2) is 5.78 Å². The Morgan fingerprint density at radius 3 is 2.73 bits per heavy atom. The Hall–Kier alpha value is -0.150. The molecule has 0 N–H and O–H groups in total. The molecular formula is C8H9BrOS. The number of carbonyl (C=O) groups excluding carboxylic acids is 1. The van der Waals surface area contributed by atoms with Gasteiger partial charge in [0.25, 0.3) is 0 Å². The van der Waals surface area contributed by atoms with Crippen molar-refractivity contribution in [2.45, 2.75) is 20.3 Å². The van der Waals surface area contributed by atoms with Gasteiger partial charge in [0.05, 0.1) is 4.88 Å². The number of ketones is 1. The molecule has 1 heterocycles. The summed E-state index contributed by atoms with van der Waals surface area (Å²) < 4.78 is 0.937. The molecule has 0 unspecified atom stereocenters. The molecule has 3 heteroatoms. The topological polar surface area (TPSA) is 17.1 Å². The van der Waals surface area contributed by atoms with Crippen molar-refractivity contribution >= 4 is 33.0 Å². The molecule has 1 aromatic rings. The second kappa shape index (κ2) is 3.50. The summed E-state index contributed by atoms with van der Waals surface area (Å²) in [5.41, 5.74) is 0. The molecule has 0 radical (unpaired) electrons. The van der Waals surface area contributed by atoms with Gasteiger partial charge in [-0.15, -0.1) is 11.3 Å². The number of rotatable bonds is 2. The lowest BCUT2D eigenvalue weighted by Crippen LogP contribution is -1.92. The summed E-state index contributed by atoms with van der Waals surface area (Å²) in [5.74, 6) is 0.218. The molecule has 0 aliphatic rings. The van der Waals surface area contributed by atoms with Gasteiger partial charge in [-0.2, -0.15) is 0 Å². The fraction of sp³-hybridized carbons (Fsp3) is 0.375. The molecule has 1 nitrogen and oxygen atoms in total. The van der Waals surface area contributed by atoms with Crippen LogP contribution in [0.1, 0.15) is 27.9 Å². The number of hydrogen-bond acceptors (Lipinski definition) is 2. The van der Waals surface area contributed by atoms with Crippen LogP contribution in [0, 0.1) is 6.92 Å². The fourth-order valence-corrected chi connectivity index (χ4v) is 2.71. The van der Waals surface area contributed by atoms with Gasteiger partial charge in [0.2, 0.25) is 0 Å². The lowest BCUT2D eigenvalue weighted by Gasteiger charge is -1.90. The minimum atomic E-state index is 0.218. The van der Waals surface area contributed by atoms with Crippen molar-refractivity contribution in [1.82, 2.24) is 0 Å². The Labute approximate surface area is 78.6 Å². The highest BCUT2D eigenvalue weighted by Crippen LogP contribution is 2.27. The monoisotopic (exact) mass is 232 g/mol. The molecule has 1 rings (SSSR count). The van der Waals surface area contributed by atoms with Crippen LogP contribution in [0.4, 0.5) is 0 Å². The highest BCUT2D eigenvalue weighted by atomic mass is 79.9. The molecule has 0 saturated carbocycles. The van der Waals surface area contributed by atoms with Crippen LogP contribution >= 0.6 is 27.3 Å². The van der Waals surface area contributed by atoms with E-state index in [1.165, 1.54) is 4.88 Å². The third kappa shape index (κ3) is 1.91. The first-order valence-electron chi connectivity index (χ1n) is 3.44. The maximum Gasteiger partial charge on any atom is 0.173 e. The molecular weight excluding hydrogens is 224 g/mol. The van der Waals surface area contributed by atoms with Crippen molar-refractivity contribution in [2.75, 3.05) is 0 Å². The molecule has 0 aliphatic heterocycles. The molecule has 0 aromatic carbocycles. The summed E-state index contributed by atoms with van der Waals surface area (Å²) in [6.45, 7) is 3.88. The van der Waals surface area contributed by atoms with Gasteiger partial charge in [-0.05, 0) is 28.9 Å². The standard InChI is InChI=1S/C8H9BrOS/c1-3-7(10)8-6(9)4-5(2)11-8/h4H,3H2,1-2H3. The lowest BCUT2D eigenvalue weighted by atomic mass is 10.2. The quantitative estimate of drug-likeness (QED) is 0.715. The largest absolute Gasteiger partial charge is 0.293 e. The van der Waals surface area contributed by atoms with Gasteiger partial charge in [-0.25, -0.2) is 0 Å². The number of hydrogen-bond donors (Lipinski definition) is 0. The van der Waals surface area contributed by atoms with Crippen molar-refractivity contribution < 1.29 is 4.79 Å². The SMILES string of the molecule is CCC(=O)c1sc(C)cc1Br. The summed E-state index contributed by atoms with van der Waals surface area (Å²) in [6.07, 6.45) is 0.582. The first-order valence-corrected chi connectivity index (χ1v) is 5.05. The van der Waals surface area contributed by atoms with E-state index in [1.54, 1.807) is 11.3 Å². The first-order chi connectivity index (χ1) is 5.15. The highest BCUT2D eigenvalue weighted by Gasteiger charge is 2.10. The number of carbonyl (C=O) groups is 1. The summed E-state index contributed by atoms with van der Waals surface area (Å²) in [7, 11) is 0. The third-order valence-electron chi connectivity index (χ3n) is 1.38. The van der Waals surface area contributed by atoms with Crippen molar-refractivity contribution in [3.05, 3.63) is 20.3 Å². The minimum Gasteiger partial charge on any atom is -0.293 e. The van der Waals surface area contributed by atoms with E-state index in [0.29, 0.717) is 6.42 Å². The molecule has 1 aromatic heterocycles. The second-order valence-electron chi connectivity index (χ2n) is 2.31. The minimum absolute atomic E-state index is 0.218. The number of Topliss-reactive ketones (excluding diaryl/α,β-unsaturated/α-hetero) is 1. The van der Waals surface area contributed by atoms with Crippen LogP contribution in [0.2, 0.25) is 0 Å². The van der Waals surface area contributed by atoms with E-state index in [1.807, 2.05) is 19.9 Å². The van der Waals surface area contributed by atoms with Gasteiger partial charge in [0.15, 0.2) is 5.78 Å². The maximum absolute atomic E-state index is 11.2. The summed E-state index contributed by atoms with van der Waals surface area (Å²) in [5, 5.41) is 0. The Kier molecular flexibility index (Phi) is 2.84. The Morgan fingerprint density at radius 2 is 2.36 bits per heavy atom. The van der Waals surface area contributed by atoms with Crippen LogP contribution < -0.4 is 0 Å². The number of thiophene rings is 1. The van der Waals surface area contributed by atoms with Crippen LogP contribution in [0.15, 0.2) is 10.5 Å². The lowest BCUT2D eigenvalue weighted by molar-refractivity contribution is 0.0991. The van der Waals surface area contributed by atoms with Gasteiger partial charge in [-0.3, -0.25) is 4.79 Å². The van der Waals surface area contributed by atoms with Crippen LogP contribution in [0.25, 0.3) is 0 Å². The van der Waals surface area contributed by atoms with Crippen LogP contribution in [0.5, 0.6) is 0 Å². The third-order valence-corrected chi connectivity index (χ3v) is 3.36. The average molecular weight is 233 g/mol. The maximum atomic E-state index is 11.2. The van der Waals surface area contributed by atoms with E-state index >= 15 is 0 Å². The van der Waals surface area contributed by atoms with E-state index in [-0.39, 0.29) is 5.78 Å². The van der Waals surface area contributed by atoms with E-state index < -0.39 is 0 Å². The molecule has 0 fully saturated rings. The molecule has 60 valence electrons. The van der Waals surface area contributed by atoms with Gasteiger partial charge in [0, 0.05) is 15.8 Å². The molecule has 0 aliphatic carbocycles. The van der Waals surface area contributed by atoms with Crippen molar-refractivity contribution in [3.63, 3.8) is 0 Å². The zero-order valence-corrected chi connectivity index (χ0v) is 8.88. The van der Waals surface area contributed by atoms with Gasteiger partial charge in [0.1, 0.15) is 0 Å². The highest BCUT2D eigenvalue weighted by molar-refractivity contribution is 9.10. The van der Waals surface area contributed by atoms with E-state index in [0.717, 1.165) is 9.35 Å². The van der Waals surface area contributed by atoms with Gasteiger partial charge >= 0.3 is 0 Å². The van der Waals surface area contributed by atoms with Gasteiger partial charge < -0.3 is 0 Å². The smallest absolute Gasteiger partial charge is 0.173 e. The zero-order chi connectivity index (χ0) is 8.43. The Morgan fingerprint density at radius 1 is 1.73 bits per heavy atom. The second-order valence-corrected chi connectivity index (χ2v) is 4.42. The molecule has 0 atom stereocenters.